The summed E-state index contributed by atoms with van der Waals surface area (Å²) in [6.45, 7) is 3.89. The zero-order valence-corrected chi connectivity index (χ0v) is 15.2. The molecule has 4 nitrogen and oxygen atoms in total. The highest BCUT2D eigenvalue weighted by Crippen LogP contribution is 2.20. The molecule has 0 aromatic heterocycles. The molecule has 24 heavy (non-hydrogen) atoms. The van der Waals surface area contributed by atoms with Crippen LogP contribution in [0.25, 0.3) is 6.08 Å². The smallest absolute Gasteiger partial charge is 0.277 e. The molecule has 0 fully saturated rings. The zero-order chi connectivity index (χ0) is 17.4. The number of amides is 1. The molecule has 1 N–H and O–H groups in total. The van der Waals surface area contributed by atoms with Crippen LogP contribution in [0.1, 0.15) is 16.7 Å². The minimum absolute atomic E-state index is 0.0817. The van der Waals surface area contributed by atoms with Crippen molar-refractivity contribution in [1.29, 1.82) is 0 Å². The molecule has 2 aromatic rings. The average Bonchev–Trinajstić information content (AvgIpc) is 2.57. The van der Waals surface area contributed by atoms with Gasteiger partial charge in [-0.2, -0.15) is 5.10 Å². The maximum atomic E-state index is 11.8. The zero-order valence-electron chi connectivity index (χ0n) is 13.6. The summed E-state index contributed by atoms with van der Waals surface area (Å²) in [5, 5.41) is 3.90. The number of carbonyl (C=O) groups excluding carboxylic acids is 1. The van der Waals surface area contributed by atoms with E-state index in [4.69, 9.17) is 4.74 Å². The number of carbonyl (C=O) groups is 1. The Morgan fingerprint density at radius 1 is 1.17 bits per heavy atom. The van der Waals surface area contributed by atoms with Crippen molar-refractivity contribution in [2.45, 2.75) is 13.8 Å². The molecule has 124 valence electrons. The summed E-state index contributed by atoms with van der Waals surface area (Å²) in [5.74, 6) is 0.395. The number of allylic oxidation sites excluding steroid dienone is 1. The predicted molar refractivity (Wildman–Crippen MR) is 101 cm³/mol. The minimum atomic E-state index is -0.313. The first-order valence-corrected chi connectivity index (χ1v) is 8.28. The Morgan fingerprint density at radius 2 is 1.92 bits per heavy atom. The Balaban J connectivity index is 1.82. The second kappa shape index (κ2) is 9.03. The summed E-state index contributed by atoms with van der Waals surface area (Å²) in [7, 11) is 0. The Hall–Kier alpha value is -2.40. The van der Waals surface area contributed by atoms with Crippen LogP contribution in [-0.4, -0.2) is 18.7 Å². The maximum absolute atomic E-state index is 11.8. The molecule has 2 rings (SSSR count). The van der Waals surface area contributed by atoms with Gasteiger partial charge in [-0.25, -0.2) is 5.43 Å². The number of halogens is 1. The summed E-state index contributed by atoms with van der Waals surface area (Å²) in [4.78, 5) is 11.8. The molecular weight excluding hydrogens is 368 g/mol. The Labute approximate surface area is 150 Å². The van der Waals surface area contributed by atoms with Crippen molar-refractivity contribution in [2.75, 3.05) is 6.61 Å². The van der Waals surface area contributed by atoms with Crippen molar-refractivity contribution < 1.29 is 9.53 Å². The third-order valence-corrected chi connectivity index (χ3v) is 3.83. The fourth-order valence-corrected chi connectivity index (χ4v) is 2.33. The topological polar surface area (TPSA) is 50.7 Å². The van der Waals surface area contributed by atoms with E-state index >= 15 is 0 Å². The third kappa shape index (κ3) is 5.66. The second-order valence-corrected chi connectivity index (χ2v) is 6.14. The van der Waals surface area contributed by atoms with Crippen LogP contribution >= 0.6 is 15.9 Å². The number of hydrogen-bond acceptors (Lipinski definition) is 3. The van der Waals surface area contributed by atoms with Crippen LogP contribution in [0.5, 0.6) is 5.75 Å². The lowest BCUT2D eigenvalue weighted by Gasteiger charge is -2.09. The molecule has 0 spiro atoms. The lowest BCUT2D eigenvalue weighted by molar-refractivity contribution is -0.123. The van der Waals surface area contributed by atoms with Gasteiger partial charge in [-0.3, -0.25) is 4.79 Å². The highest BCUT2D eigenvalue weighted by Gasteiger charge is 2.05. The van der Waals surface area contributed by atoms with Crippen molar-refractivity contribution in [3.63, 3.8) is 0 Å². The van der Waals surface area contributed by atoms with Crippen LogP contribution in [0.4, 0.5) is 0 Å². The van der Waals surface area contributed by atoms with Gasteiger partial charge in [0, 0.05) is 4.48 Å². The highest BCUT2D eigenvalue weighted by molar-refractivity contribution is 9.12. The van der Waals surface area contributed by atoms with Gasteiger partial charge in [0.05, 0.1) is 6.21 Å². The normalized spacial score (nSPS) is 11.5. The number of ether oxygens (including phenoxy) is 1. The van der Waals surface area contributed by atoms with Crippen molar-refractivity contribution in [3.05, 3.63) is 69.7 Å². The van der Waals surface area contributed by atoms with Gasteiger partial charge in [0.15, 0.2) is 6.61 Å². The van der Waals surface area contributed by atoms with Gasteiger partial charge in [0.25, 0.3) is 5.91 Å². The van der Waals surface area contributed by atoms with Crippen molar-refractivity contribution >= 4 is 34.1 Å². The quantitative estimate of drug-likeness (QED) is 0.596. The van der Waals surface area contributed by atoms with Crippen LogP contribution < -0.4 is 10.2 Å². The largest absolute Gasteiger partial charge is 0.483 e. The predicted octanol–water partition coefficient (Wildman–Crippen LogP) is 4.22. The Kier molecular flexibility index (Phi) is 6.75. The SMILES string of the molecule is Cc1cccc(OCC(=O)N/N=C/C(Br)=C/c2ccccc2)c1C. The van der Waals surface area contributed by atoms with Crippen molar-refractivity contribution in [2.24, 2.45) is 5.10 Å². The first-order valence-electron chi connectivity index (χ1n) is 7.49. The van der Waals surface area contributed by atoms with E-state index in [2.05, 4.69) is 26.5 Å². The molecule has 0 aliphatic rings. The third-order valence-electron chi connectivity index (χ3n) is 3.39. The van der Waals surface area contributed by atoms with E-state index in [9.17, 15) is 4.79 Å². The van der Waals surface area contributed by atoms with Crippen molar-refractivity contribution in [3.8, 4) is 5.75 Å². The Bertz CT molecular complexity index is 755. The van der Waals surface area contributed by atoms with Gasteiger partial charge in [0.1, 0.15) is 5.75 Å². The van der Waals surface area contributed by atoms with E-state index in [0.29, 0.717) is 5.75 Å². The van der Waals surface area contributed by atoms with Gasteiger partial charge >= 0.3 is 0 Å². The van der Waals surface area contributed by atoms with Gasteiger partial charge in [0.2, 0.25) is 0 Å². The van der Waals surface area contributed by atoms with E-state index in [0.717, 1.165) is 21.2 Å². The molecule has 0 bridgehead atoms. The molecule has 1 amide bonds. The summed E-state index contributed by atoms with van der Waals surface area (Å²) >= 11 is 3.39. The van der Waals surface area contributed by atoms with Gasteiger partial charge < -0.3 is 4.74 Å². The first-order chi connectivity index (χ1) is 11.6. The number of nitrogens with zero attached hydrogens (tertiary/aromatic N) is 1. The molecule has 0 aliphatic heterocycles. The van der Waals surface area contributed by atoms with E-state index in [1.54, 1.807) is 0 Å². The lowest BCUT2D eigenvalue weighted by atomic mass is 10.1. The summed E-state index contributed by atoms with van der Waals surface area (Å²) < 4.78 is 6.27. The minimum Gasteiger partial charge on any atom is -0.483 e. The number of nitrogens with one attached hydrogen (secondary N) is 1. The summed E-state index contributed by atoms with van der Waals surface area (Å²) in [5.41, 5.74) is 5.64. The maximum Gasteiger partial charge on any atom is 0.277 e. The number of hydrazone groups is 1. The molecule has 0 atom stereocenters. The standard InChI is InChI=1S/C19H19BrN2O2/c1-14-7-6-10-18(15(14)2)24-13-19(23)22-21-12-17(20)11-16-8-4-3-5-9-16/h3-12H,13H2,1-2H3,(H,22,23)/b17-11-,21-12+. The van der Waals surface area contributed by atoms with Gasteiger partial charge in [-0.05, 0) is 58.6 Å². The molecular formula is C19H19BrN2O2. The molecule has 0 unspecified atom stereocenters. The van der Waals surface area contributed by atoms with E-state index < -0.39 is 0 Å². The second-order valence-electron chi connectivity index (χ2n) is 5.22. The summed E-state index contributed by atoms with van der Waals surface area (Å²) in [6, 6.07) is 15.6. The van der Waals surface area contributed by atoms with Crippen LogP contribution in [0.3, 0.4) is 0 Å². The molecule has 2 aromatic carbocycles. The van der Waals surface area contributed by atoms with Crippen LogP contribution in [0, 0.1) is 13.8 Å². The van der Waals surface area contributed by atoms with Crippen LogP contribution in [0.2, 0.25) is 0 Å². The molecule has 0 aliphatic carbocycles. The molecule has 0 radical (unpaired) electrons. The first kappa shape index (κ1) is 17.9. The van der Waals surface area contributed by atoms with Crippen LogP contribution in [-0.2, 0) is 4.79 Å². The van der Waals surface area contributed by atoms with Crippen LogP contribution in [0.15, 0.2) is 58.1 Å². The number of rotatable bonds is 6. The number of benzene rings is 2. The van der Waals surface area contributed by atoms with E-state index in [1.165, 1.54) is 6.21 Å². The fourth-order valence-electron chi connectivity index (χ4n) is 1.97. The molecule has 0 saturated carbocycles. The summed E-state index contributed by atoms with van der Waals surface area (Å²) in [6.07, 6.45) is 3.44. The molecule has 0 heterocycles. The fraction of sp³-hybridized carbons (Fsp3) is 0.158. The number of hydrogen-bond donors (Lipinski definition) is 1. The van der Waals surface area contributed by atoms with Crippen molar-refractivity contribution in [1.82, 2.24) is 5.43 Å². The molecule has 0 saturated heterocycles. The van der Waals surface area contributed by atoms with E-state index in [-0.39, 0.29) is 12.5 Å². The average molecular weight is 387 g/mol. The van der Waals surface area contributed by atoms with Gasteiger partial charge in [-0.1, -0.05) is 42.5 Å². The van der Waals surface area contributed by atoms with E-state index in [1.807, 2.05) is 68.5 Å². The highest BCUT2D eigenvalue weighted by atomic mass is 79.9. The van der Waals surface area contributed by atoms with Gasteiger partial charge in [-0.15, -0.1) is 0 Å². The Morgan fingerprint density at radius 3 is 2.67 bits per heavy atom. The number of aryl methyl sites for hydroxylation is 1. The lowest BCUT2D eigenvalue weighted by Crippen LogP contribution is -2.24. The monoisotopic (exact) mass is 386 g/mol. The molecule has 5 heteroatoms.